The molecule has 1 aromatic rings. The van der Waals surface area contributed by atoms with E-state index in [4.69, 9.17) is 5.26 Å². The fraction of sp³-hybridized carbons (Fsp3) is 0.533. The van der Waals surface area contributed by atoms with E-state index < -0.39 is 26.8 Å². The summed E-state index contributed by atoms with van der Waals surface area (Å²) in [5, 5.41) is 18.7. The molecule has 0 bridgehead atoms. The van der Waals surface area contributed by atoms with Crippen molar-refractivity contribution < 1.29 is 17.9 Å². The quantitative estimate of drug-likeness (QED) is 0.916. The third kappa shape index (κ3) is 3.46. The van der Waals surface area contributed by atoms with Gasteiger partial charge in [-0.15, -0.1) is 0 Å². The Balaban J connectivity index is 2.20. The first-order valence-electron chi connectivity index (χ1n) is 7.20. The van der Waals surface area contributed by atoms with Gasteiger partial charge < -0.3 is 5.11 Å². The standard InChI is InChI=1S/C15H19FN2O3S/c1-18(10-12-4-2-3-5-14(12)19)22(20,21)15-7-6-11(9-17)8-13(15)16/h6-8,12,14,19H,2-5,10H2,1H3. The van der Waals surface area contributed by atoms with Crippen molar-refractivity contribution >= 4 is 10.0 Å². The second-order valence-electron chi connectivity index (χ2n) is 5.65. The third-order valence-corrected chi connectivity index (χ3v) is 5.97. The topological polar surface area (TPSA) is 81.4 Å². The largest absolute Gasteiger partial charge is 0.393 e. The average Bonchev–Trinajstić information content (AvgIpc) is 2.49. The molecule has 0 aromatic heterocycles. The lowest BCUT2D eigenvalue weighted by atomic mass is 9.86. The lowest BCUT2D eigenvalue weighted by Gasteiger charge is -2.30. The molecular formula is C15H19FN2O3S. The van der Waals surface area contributed by atoms with Gasteiger partial charge in [-0.2, -0.15) is 5.26 Å². The molecule has 2 rings (SSSR count). The molecule has 1 aromatic carbocycles. The molecule has 0 spiro atoms. The van der Waals surface area contributed by atoms with Crippen molar-refractivity contribution in [2.24, 2.45) is 5.92 Å². The number of hydrogen-bond donors (Lipinski definition) is 1. The molecule has 0 radical (unpaired) electrons. The number of rotatable bonds is 4. The van der Waals surface area contributed by atoms with Crippen LogP contribution in [0.3, 0.4) is 0 Å². The van der Waals surface area contributed by atoms with Crippen molar-refractivity contribution in [3.05, 3.63) is 29.6 Å². The molecule has 22 heavy (non-hydrogen) atoms. The van der Waals surface area contributed by atoms with Gasteiger partial charge >= 0.3 is 0 Å². The fourth-order valence-electron chi connectivity index (χ4n) is 2.78. The molecule has 1 saturated carbocycles. The molecule has 1 fully saturated rings. The highest BCUT2D eigenvalue weighted by Gasteiger charge is 2.30. The van der Waals surface area contributed by atoms with Gasteiger partial charge in [0, 0.05) is 13.6 Å². The summed E-state index contributed by atoms with van der Waals surface area (Å²) in [7, 11) is -2.60. The van der Waals surface area contributed by atoms with Crippen LogP contribution in [0.15, 0.2) is 23.1 Å². The summed E-state index contributed by atoms with van der Waals surface area (Å²) >= 11 is 0. The summed E-state index contributed by atoms with van der Waals surface area (Å²) < 4.78 is 39.9. The van der Waals surface area contributed by atoms with Crippen LogP contribution in [-0.2, 0) is 10.0 Å². The maximum absolute atomic E-state index is 13.9. The smallest absolute Gasteiger partial charge is 0.245 e. The van der Waals surface area contributed by atoms with Gasteiger partial charge in [-0.25, -0.2) is 17.1 Å². The van der Waals surface area contributed by atoms with Crippen molar-refractivity contribution in [2.75, 3.05) is 13.6 Å². The van der Waals surface area contributed by atoms with Gasteiger partial charge in [-0.05, 0) is 37.0 Å². The molecule has 1 N–H and O–H groups in total. The minimum absolute atomic E-state index is 0.0711. The molecule has 2 atom stereocenters. The first-order chi connectivity index (χ1) is 10.4. The van der Waals surface area contributed by atoms with Gasteiger partial charge in [0.1, 0.15) is 10.7 Å². The molecule has 0 saturated heterocycles. The Labute approximate surface area is 130 Å². The van der Waals surface area contributed by atoms with Gasteiger partial charge in [0.2, 0.25) is 10.0 Å². The Morgan fingerprint density at radius 3 is 2.68 bits per heavy atom. The lowest BCUT2D eigenvalue weighted by Crippen LogP contribution is -2.38. The summed E-state index contributed by atoms with van der Waals surface area (Å²) in [6.07, 6.45) is 2.82. The first-order valence-corrected chi connectivity index (χ1v) is 8.64. The number of nitrogens with zero attached hydrogens (tertiary/aromatic N) is 2. The molecule has 0 heterocycles. The Bertz CT molecular complexity index is 685. The zero-order valence-corrected chi connectivity index (χ0v) is 13.2. The number of halogens is 1. The van der Waals surface area contributed by atoms with E-state index in [1.807, 2.05) is 0 Å². The second kappa shape index (κ2) is 6.73. The maximum Gasteiger partial charge on any atom is 0.245 e. The van der Waals surface area contributed by atoms with E-state index in [1.54, 1.807) is 6.07 Å². The van der Waals surface area contributed by atoms with Gasteiger partial charge in [0.25, 0.3) is 0 Å². The van der Waals surface area contributed by atoms with Crippen LogP contribution >= 0.6 is 0 Å². The molecule has 120 valence electrons. The first kappa shape index (κ1) is 16.9. The molecule has 2 unspecified atom stereocenters. The molecule has 0 aliphatic heterocycles. The Morgan fingerprint density at radius 1 is 1.41 bits per heavy atom. The lowest BCUT2D eigenvalue weighted by molar-refractivity contribution is 0.0620. The number of sulfonamides is 1. The second-order valence-corrected chi connectivity index (χ2v) is 7.67. The number of nitriles is 1. The van der Waals surface area contributed by atoms with Crippen molar-refractivity contribution in [3.63, 3.8) is 0 Å². The molecule has 1 aliphatic carbocycles. The van der Waals surface area contributed by atoms with Crippen molar-refractivity contribution in [2.45, 2.75) is 36.7 Å². The highest BCUT2D eigenvalue weighted by atomic mass is 32.2. The van der Waals surface area contributed by atoms with Crippen LogP contribution in [-0.4, -0.2) is 37.5 Å². The summed E-state index contributed by atoms with van der Waals surface area (Å²) in [5.74, 6) is -1.06. The van der Waals surface area contributed by atoms with E-state index in [2.05, 4.69) is 0 Å². The molecule has 5 nitrogen and oxygen atoms in total. The Morgan fingerprint density at radius 2 is 2.09 bits per heavy atom. The van der Waals surface area contributed by atoms with Crippen LogP contribution in [0.5, 0.6) is 0 Å². The van der Waals surface area contributed by atoms with E-state index in [-0.39, 0.29) is 18.0 Å². The Kier molecular flexibility index (Phi) is 5.16. The van der Waals surface area contributed by atoms with Crippen LogP contribution in [0.1, 0.15) is 31.2 Å². The van der Waals surface area contributed by atoms with Crippen LogP contribution in [0, 0.1) is 23.1 Å². The number of aliphatic hydroxyl groups excluding tert-OH is 1. The van der Waals surface area contributed by atoms with Gasteiger partial charge in [-0.1, -0.05) is 12.8 Å². The fourth-order valence-corrected chi connectivity index (χ4v) is 4.05. The van der Waals surface area contributed by atoms with E-state index in [1.165, 1.54) is 13.1 Å². The van der Waals surface area contributed by atoms with E-state index >= 15 is 0 Å². The zero-order valence-electron chi connectivity index (χ0n) is 12.4. The van der Waals surface area contributed by atoms with Crippen molar-refractivity contribution in [1.82, 2.24) is 4.31 Å². The minimum atomic E-state index is -3.98. The molecule has 0 amide bonds. The monoisotopic (exact) mass is 326 g/mol. The molecule has 1 aliphatic rings. The number of aliphatic hydroxyl groups is 1. The number of hydrogen-bond acceptors (Lipinski definition) is 4. The highest BCUT2D eigenvalue weighted by Crippen LogP contribution is 2.27. The van der Waals surface area contributed by atoms with Crippen molar-refractivity contribution in [3.8, 4) is 6.07 Å². The van der Waals surface area contributed by atoms with E-state index in [0.29, 0.717) is 6.42 Å². The van der Waals surface area contributed by atoms with Gasteiger partial charge in [0.15, 0.2) is 0 Å². The average molecular weight is 326 g/mol. The van der Waals surface area contributed by atoms with Crippen LogP contribution in [0.2, 0.25) is 0 Å². The zero-order chi connectivity index (χ0) is 16.3. The van der Waals surface area contributed by atoms with E-state index in [9.17, 15) is 17.9 Å². The maximum atomic E-state index is 13.9. The Hall–Kier alpha value is -1.49. The minimum Gasteiger partial charge on any atom is -0.393 e. The van der Waals surface area contributed by atoms with E-state index in [0.717, 1.165) is 35.7 Å². The molecule has 7 heteroatoms. The highest BCUT2D eigenvalue weighted by molar-refractivity contribution is 7.89. The summed E-state index contributed by atoms with van der Waals surface area (Å²) in [6, 6.07) is 5.06. The predicted molar refractivity (Wildman–Crippen MR) is 78.9 cm³/mol. The SMILES string of the molecule is CN(CC1CCCCC1O)S(=O)(=O)c1ccc(C#N)cc1F. The predicted octanol–water partition coefficient (Wildman–Crippen LogP) is 1.87. The summed E-state index contributed by atoms with van der Waals surface area (Å²) in [6.45, 7) is 0.156. The van der Waals surface area contributed by atoms with Gasteiger partial charge in [0.05, 0.1) is 17.7 Å². The number of benzene rings is 1. The normalized spacial score (nSPS) is 22.5. The van der Waals surface area contributed by atoms with Crippen LogP contribution < -0.4 is 0 Å². The summed E-state index contributed by atoms with van der Waals surface area (Å²) in [5.41, 5.74) is 0.0711. The third-order valence-electron chi connectivity index (χ3n) is 4.11. The van der Waals surface area contributed by atoms with Crippen LogP contribution in [0.25, 0.3) is 0 Å². The summed E-state index contributed by atoms with van der Waals surface area (Å²) in [4.78, 5) is -0.445. The molecular weight excluding hydrogens is 307 g/mol. The van der Waals surface area contributed by atoms with Crippen molar-refractivity contribution in [1.29, 1.82) is 5.26 Å². The van der Waals surface area contributed by atoms with Gasteiger partial charge in [-0.3, -0.25) is 0 Å². The van der Waals surface area contributed by atoms with Crippen LogP contribution in [0.4, 0.5) is 4.39 Å².